The minimum Gasteiger partial charge on any atom is -0.443 e. The predicted octanol–water partition coefficient (Wildman–Crippen LogP) is 3.01. The minimum atomic E-state index is -0.346. The SMILES string of the molecule is Cc1oc2ncn3nc([C@@H](NC(=O)c4cccnc4)C(C)C)nc3c2c1C. The number of amides is 1. The summed E-state index contributed by atoms with van der Waals surface area (Å²) in [6.07, 6.45) is 4.75. The molecule has 0 saturated carbocycles. The van der Waals surface area contributed by atoms with Crippen LogP contribution < -0.4 is 5.32 Å². The van der Waals surface area contributed by atoms with Crippen LogP contribution in [0.1, 0.15) is 47.4 Å². The van der Waals surface area contributed by atoms with Gasteiger partial charge in [-0.25, -0.2) is 14.5 Å². The fourth-order valence-corrected chi connectivity index (χ4v) is 3.04. The molecule has 4 heterocycles. The maximum atomic E-state index is 12.6. The van der Waals surface area contributed by atoms with Crippen molar-refractivity contribution in [2.75, 3.05) is 0 Å². The molecule has 8 heteroatoms. The molecule has 4 aromatic heterocycles. The summed E-state index contributed by atoms with van der Waals surface area (Å²) >= 11 is 0. The number of hydrogen-bond acceptors (Lipinski definition) is 6. The monoisotopic (exact) mass is 364 g/mol. The minimum absolute atomic E-state index is 0.0960. The summed E-state index contributed by atoms with van der Waals surface area (Å²) in [7, 11) is 0. The number of carbonyl (C=O) groups excluding carboxylic acids is 1. The van der Waals surface area contributed by atoms with Crippen molar-refractivity contribution in [3.05, 3.63) is 53.6 Å². The molecule has 4 aromatic rings. The van der Waals surface area contributed by atoms with Crippen LogP contribution in [0.4, 0.5) is 0 Å². The van der Waals surface area contributed by atoms with Crippen LogP contribution in [-0.2, 0) is 0 Å². The second-order valence-corrected chi connectivity index (χ2v) is 6.88. The van der Waals surface area contributed by atoms with Gasteiger partial charge in [-0.1, -0.05) is 13.8 Å². The van der Waals surface area contributed by atoms with Gasteiger partial charge in [-0.15, -0.1) is 5.10 Å². The molecule has 0 aromatic carbocycles. The van der Waals surface area contributed by atoms with E-state index in [4.69, 9.17) is 9.40 Å². The number of aryl methyl sites for hydroxylation is 2. The third-order valence-corrected chi connectivity index (χ3v) is 4.68. The molecule has 0 unspecified atom stereocenters. The fourth-order valence-electron chi connectivity index (χ4n) is 3.04. The summed E-state index contributed by atoms with van der Waals surface area (Å²) < 4.78 is 7.31. The average molecular weight is 364 g/mol. The normalized spacial score (nSPS) is 12.8. The Bertz CT molecular complexity index is 1130. The van der Waals surface area contributed by atoms with Gasteiger partial charge in [0.05, 0.1) is 17.0 Å². The Morgan fingerprint density at radius 1 is 1.30 bits per heavy atom. The zero-order valence-electron chi connectivity index (χ0n) is 15.6. The Balaban J connectivity index is 1.76. The number of aromatic nitrogens is 5. The van der Waals surface area contributed by atoms with E-state index in [1.54, 1.807) is 29.2 Å². The third kappa shape index (κ3) is 2.92. The molecule has 0 radical (unpaired) electrons. The second kappa shape index (κ2) is 6.46. The first-order valence-electron chi connectivity index (χ1n) is 8.77. The fraction of sp³-hybridized carbons (Fsp3) is 0.316. The molecule has 0 aliphatic rings. The van der Waals surface area contributed by atoms with E-state index in [1.807, 2.05) is 27.7 Å². The zero-order chi connectivity index (χ0) is 19.1. The number of nitrogens with zero attached hydrogens (tertiary/aromatic N) is 5. The van der Waals surface area contributed by atoms with Crippen molar-refractivity contribution in [1.82, 2.24) is 29.9 Å². The van der Waals surface area contributed by atoms with E-state index in [0.29, 0.717) is 22.7 Å². The molecule has 1 N–H and O–H groups in total. The van der Waals surface area contributed by atoms with Gasteiger partial charge >= 0.3 is 0 Å². The van der Waals surface area contributed by atoms with E-state index in [-0.39, 0.29) is 17.9 Å². The van der Waals surface area contributed by atoms with Crippen LogP contribution in [0.25, 0.3) is 16.7 Å². The molecule has 27 heavy (non-hydrogen) atoms. The number of furan rings is 1. The molecule has 0 spiro atoms. The molecule has 138 valence electrons. The molecule has 0 saturated heterocycles. The van der Waals surface area contributed by atoms with Crippen molar-refractivity contribution in [1.29, 1.82) is 0 Å². The van der Waals surface area contributed by atoms with Gasteiger partial charge in [-0.3, -0.25) is 9.78 Å². The van der Waals surface area contributed by atoms with Crippen molar-refractivity contribution in [3.8, 4) is 0 Å². The lowest BCUT2D eigenvalue weighted by molar-refractivity contribution is 0.0922. The summed E-state index contributed by atoms with van der Waals surface area (Å²) in [5.41, 5.74) is 2.70. The Hall–Kier alpha value is -3.29. The van der Waals surface area contributed by atoms with Crippen LogP contribution in [0.5, 0.6) is 0 Å². The predicted molar refractivity (Wildman–Crippen MR) is 99.3 cm³/mol. The van der Waals surface area contributed by atoms with Gasteiger partial charge in [0.25, 0.3) is 5.91 Å². The highest BCUT2D eigenvalue weighted by atomic mass is 16.3. The standard InChI is InChI=1S/C19H20N6O2/c1-10(2)15(22-18(26)13-6-5-7-20-8-13)16-23-17-14-11(3)12(4)27-19(14)21-9-25(17)24-16/h5-10,15H,1-4H3,(H,22,26)/t15-/m0/s1. The molecule has 0 bridgehead atoms. The van der Waals surface area contributed by atoms with Crippen molar-refractivity contribution in [2.24, 2.45) is 5.92 Å². The van der Waals surface area contributed by atoms with Crippen LogP contribution in [0.15, 0.2) is 35.3 Å². The van der Waals surface area contributed by atoms with Gasteiger partial charge < -0.3 is 9.73 Å². The Morgan fingerprint density at radius 3 is 2.81 bits per heavy atom. The number of fused-ring (bicyclic) bond motifs is 3. The molecule has 1 amide bonds. The summed E-state index contributed by atoms with van der Waals surface area (Å²) in [6.45, 7) is 7.90. The molecule has 4 rings (SSSR count). The van der Waals surface area contributed by atoms with Crippen LogP contribution in [-0.4, -0.2) is 30.5 Å². The van der Waals surface area contributed by atoms with E-state index in [9.17, 15) is 4.79 Å². The lowest BCUT2D eigenvalue weighted by Crippen LogP contribution is -2.32. The third-order valence-electron chi connectivity index (χ3n) is 4.68. The highest BCUT2D eigenvalue weighted by Gasteiger charge is 2.25. The van der Waals surface area contributed by atoms with Gasteiger partial charge in [0, 0.05) is 18.0 Å². The lowest BCUT2D eigenvalue weighted by atomic mass is 10.0. The first kappa shape index (κ1) is 17.1. The first-order valence-corrected chi connectivity index (χ1v) is 8.77. The topological polar surface area (TPSA) is 98.2 Å². The number of carbonyl (C=O) groups is 1. The summed E-state index contributed by atoms with van der Waals surface area (Å²) in [5.74, 6) is 1.23. The highest BCUT2D eigenvalue weighted by Crippen LogP contribution is 2.27. The van der Waals surface area contributed by atoms with E-state index < -0.39 is 0 Å². The van der Waals surface area contributed by atoms with Gasteiger partial charge in [0.1, 0.15) is 12.1 Å². The van der Waals surface area contributed by atoms with Crippen LogP contribution >= 0.6 is 0 Å². The average Bonchev–Trinajstić information content (AvgIpc) is 3.20. The van der Waals surface area contributed by atoms with Crippen LogP contribution in [0, 0.1) is 19.8 Å². The van der Waals surface area contributed by atoms with E-state index in [2.05, 4.69) is 20.4 Å². The summed E-state index contributed by atoms with van der Waals surface area (Å²) in [6, 6.07) is 3.11. The van der Waals surface area contributed by atoms with Crippen molar-refractivity contribution < 1.29 is 9.21 Å². The number of hydrogen-bond donors (Lipinski definition) is 1. The highest BCUT2D eigenvalue weighted by molar-refractivity contribution is 5.94. The van der Waals surface area contributed by atoms with Gasteiger partial charge in [0.15, 0.2) is 11.5 Å². The van der Waals surface area contributed by atoms with Crippen molar-refractivity contribution in [2.45, 2.75) is 33.7 Å². The molecule has 0 aliphatic carbocycles. The van der Waals surface area contributed by atoms with Crippen molar-refractivity contribution >= 4 is 22.7 Å². The van der Waals surface area contributed by atoms with E-state index in [1.165, 1.54) is 6.20 Å². The molecular weight excluding hydrogens is 344 g/mol. The smallest absolute Gasteiger partial charge is 0.253 e. The maximum absolute atomic E-state index is 12.6. The molecular formula is C19H20N6O2. The van der Waals surface area contributed by atoms with Gasteiger partial charge in [-0.2, -0.15) is 0 Å². The summed E-state index contributed by atoms with van der Waals surface area (Å²) in [5, 5.41) is 8.41. The van der Waals surface area contributed by atoms with Gasteiger partial charge in [-0.05, 0) is 31.9 Å². The molecule has 1 atom stereocenters. The molecule has 0 aliphatic heterocycles. The number of rotatable bonds is 4. The number of pyridine rings is 1. The zero-order valence-corrected chi connectivity index (χ0v) is 15.6. The van der Waals surface area contributed by atoms with E-state index in [0.717, 1.165) is 16.7 Å². The van der Waals surface area contributed by atoms with Crippen LogP contribution in [0.3, 0.4) is 0 Å². The summed E-state index contributed by atoms with van der Waals surface area (Å²) in [4.78, 5) is 25.6. The Morgan fingerprint density at radius 2 is 2.11 bits per heavy atom. The largest absolute Gasteiger partial charge is 0.443 e. The van der Waals surface area contributed by atoms with Crippen molar-refractivity contribution in [3.63, 3.8) is 0 Å². The number of nitrogens with one attached hydrogen (secondary N) is 1. The first-order chi connectivity index (χ1) is 13.0. The molecule has 8 nitrogen and oxygen atoms in total. The second-order valence-electron chi connectivity index (χ2n) is 6.88. The molecule has 0 fully saturated rings. The quantitative estimate of drug-likeness (QED) is 0.598. The Kier molecular flexibility index (Phi) is 4.10. The Labute approximate surface area is 155 Å². The lowest BCUT2D eigenvalue weighted by Gasteiger charge is -2.19. The van der Waals surface area contributed by atoms with Crippen LogP contribution in [0.2, 0.25) is 0 Å². The van der Waals surface area contributed by atoms with Gasteiger partial charge in [0.2, 0.25) is 5.71 Å². The maximum Gasteiger partial charge on any atom is 0.253 e. The van der Waals surface area contributed by atoms with E-state index >= 15 is 0 Å².